The van der Waals surface area contributed by atoms with Crippen LogP contribution in [0.1, 0.15) is 25.3 Å². The van der Waals surface area contributed by atoms with Gasteiger partial charge in [-0.1, -0.05) is 46.7 Å². The molecule has 1 aliphatic rings. The summed E-state index contributed by atoms with van der Waals surface area (Å²) in [5.41, 5.74) is 1.77. The molecule has 1 amide bonds. The first kappa shape index (κ1) is 18.7. The Morgan fingerprint density at radius 1 is 1.21 bits per heavy atom. The number of thiazole rings is 1. The molecule has 0 N–H and O–H groups in total. The molecule has 3 aromatic heterocycles. The number of hydrogen-bond acceptors (Lipinski definition) is 6. The maximum absolute atomic E-state index is 13.3. The highest BCUT2D eigenvalue weighted by Gasteiger charge is 2.34. The third-order valence-corrected chi connectivity index (χ3v) is 7.23. The number of amides is 1. The summed E-state index contributed by atoms with van der Waals surface area (Å²) in [4.78, 5) is 34.1. The maximum atomic E-state index is 13.3. The molecule has 0 aliphatic carbocycles. The van der Waals surface area contributed by atoms with Crippen molar-refractivity contribution in [3.8, 4) is 10.7 Å². The van der Waals surface area contributed by atoms with Crippen LogP contribution in [-0.2, 0) is 4.79 Å². The summed E-state index contributed by atoms with van der Waals surface area (Å²) in [5, 5.41) is 6.33. The van der Waals surface area contributed by atoms with E-state index in [1.54, 1.807) is 4.90 Å². The molecular weight excluding hydrogens is 472 g/mol. The molecule has 0 atom stereocenters. The molecular formula is C20H15BrN4O2S2. The molecule has 4 heterocycles. The molecule has 0 unspecified atom stereocenters. The number of hydrogen-bond donors (Lipinski definition) is 0. The van der Waals surface area contributed by atoms with Crippen molar-refractivity contribution >= 4 is 60.7 Å². The van der Waals surface area contributed by atoms with Gasteiger partial charge in [0.2, 0.25) is 4.96 Å². The minimum Gasteiger partial charge on any atom is -0.308 e. The lowest BCUT2D eigenvalue weighted by Crippen LogP contribution is -2.33. The van der Waals surface area contributed by atoms with Gasteiger partial charge in [-0.25, -0.2) is 0 Å². The Morgan fingerprint density at radius 3 is 2.79 bits per heavy atom. The normalized spacial score (nSPS) is 15.5. The Kier molecular flexibility index (Phi) is 4.60. The van der Waals surface area contributed by atoms with Crippen molar-refractivity contribution in [2.75, 3.05) is 11.4 Å². The molecule has 5 rings (SSSR count). The first-order valence-corrected chi connectivity index (χ1v) is 11.7. The maximum Gasteiger partial charge on any atom is 0.291 e. The lowest BCUT2D eigenvalue weighted by Gasteiger charge is -2.16. The Hall–Kier alpha value is -2.36. The summed E-state index contributed by atoms with van der Waals surface area (Å²) >= 11 is 6.23. The van der Waals surface area contributed by atoms with Gasteiger partial charge in [-0.15, -0.1) is 16.4 Å². The van der Waals surface area contributed by atoms with Gasteiger partial charge >= 0.3 is 0 Å². The fourth-order valence-corrected chi connectivity index (χ4v) is 5.47. The summed E-state index contributed by atoms with van der Waals surface area (Å²) in [6, 6.07) is 9.59. The smallest absolute Gasteiger partial charge is 0.291 e. The minimum absolute atomic E-state index is 0.133. The van der Waals surface area contributed by atoms with E-state index in [0.717, 1.165) is 33.4 Å². The van der Waals surface area contributed by atoms with Gasteiger partial charge in [0.1, 0.15) is 4.53 Å². The third-order valence-electron chi connectivity index (χ3n) is 4.84. The number of halogens is 1. The number of anilines is 1. The van der Waals surface area contributed by atoms with Crippen LogP contribution in [0.25, 0.3) is 21.2 Å². The summed E-state index contributed by atoms with van der Waals surface area (Å²) in [7, 11) is 0. The molecule has 9 heteroatoms. The number of carbonyl (C=O) groups excluding carboxylic acids is 1. The number of thiophene rings is 1. The van der Waals surface area contributed by atoms with Crippen LogP contribution < -0.4 is 15.0 Å². The first-order valence-electron chi connectivity index (χ1n) is 9.18. The zero-order chi connectivity index (χ0) is 20.1. The molecule has 6 nitrogen and oxygen atoms in total. The average Bonchev–Trinajstić information content (AvgIpc) is 3.45. The van der Waals surface area contributed by atoms with Crippen molar-refractivity contribution in [3.63, 3.8) is 0 Å². The van der Waals surface area contributed by atoms with Gasteiger partial charge in [0, 0.05) is 16.6 Å². The number of benzene rings is 1. The van der Waals surface area contributed by atoms with E-state index in [1.165, 1.54) is 27.2 Å². The van der Waals surface area contributed by atoms with Crippen molar-refractivity contribution in [2.24, 2.45) is 0 Å². The van der Waals surface area contributed by atoms with Gasteiger partial charge in [-0.3, -0.25) is 9.59 Å². The number of fused-ring (bicyclic) bond motifs is 2. The molecule has 0 spiro atoms. The van der Waals surface area contributed by atoms with Gasteiger partial charge in [0.05, 0.1) is 16.1 Å². The second kappa shape index (κ2) is 7.16. The molecule has 29 heavy (non-hydrogen) atoms. The predicted octanol–water partition coefficient (Wildman–Crippen LogP) is 3.71. The second-order valence-corrected chi connectivity index (χ2v) is 9.53. The van der Waals surface area contributed by atoms with E-state index in [-0.39, 0.29) is 11.5 Å². The van der Waals surface area contributed by atoms with E-state index in [4.69, 9.17) is 0 Å². The van der Waals surface area contributed by atoms with E-state index in [0.29, 0.717) is 27.4 Å². The largest absolute Gasteiger partial charge is 0.308 e. The highest BCUT2D eigenvalue weighted by Crippen LogP contribution is 2.37. The van der Waals surface area contributed by atoms with E-state index >= 15 is 0 Å². The molecule has 1 aromatic carbocycles. The summed E-state index contributed by atoms with van der Waals surface area (Å²) in [6.07, 6.45) is 1.89. The van der Waals surface area contributed by atoms with Crippen molar-refractivity contribution in [1.29, 1.82) is 0 Å². The molecule has 0 saturated heterocycles. The number of nitrogens with zero attached hydrogens (tertiary/aromatic N) is 4. The fraction of sp³-hybridized carbons (Fsp3) is 0.200. The van der Waals surface area contributed by atoms with Crippen molar-refractivity contribution in [1.82, 2.24) is 14.6 Å². The van der Waals surface area contributed by atoms with Crippen LogP contribution >= 0.6 is 38.6 Å². The highest BCUT2D eigenvalue weighted by atomic mass is 79.9. The van der Waals surface area contributed by atoms with Gasteiger partial charge < -0.3 is 4.90 Å². The number of carbonyl (C=O) groups is 1. The van der Waals surface area contributed by atoms with E-state index < -0.39 is 0 Å². The third kappa shape index (κ3) is 2.95. The van der Waals surface area contributed by atoms with Crippen LogP contribution in [0, 0.1) is 0 Å². The average molecular weight is 487 g/mol. The minimum atomic E-state index is -0.299. The molecule has 1 aliphatic heterocycles. The van der Waals surface area contributed by atoms with Crippen molar-refractivity contribution in [3.05, 3.63) is 60.6 Å². The fourth-order valence-electron chi connectivity index (χ4n) is 3.46. The predicted molar refractivity (Wildman–Crippen MR) is 120 cm³/mol. The molecule has 0 saturated carbocycles. The van der Waals surface area contributed by atoms with Crippen LogP contribution in [0.4, 0.5) is 5.69 Å². The summed E-state index contributed by atoms with van der Waals surface area (Å²) in [5.74, 6) is 0.400. The quantitative estimate of drug-likeness (QED) is 0.440. The Balaban J connectivity index is 1.73. The lowest BCUT2D eigenvalue weighted by molar-refractivity contribution is -0.113. The van der Waals surface area contributed by atoms with E-state index in [9.17, 15) is 9.59 Å². The van der Waals surface area contributed by atoms with Crippen LogP contribution in [0.3, 0.4) is 0 Å². The van der Waals surface area contributed by atoms with Gasteiger partial charge in [0.25, 0.3) is 11.5 Å². The number of rotatable bonds is 4. The van der Waals surface area contributed by atoms with Crippen LogP contribution in [0.5, 0.6) is 0 Å². The number of unbranched alkanes of at least 4 members (excludes halogenated alkanes) is 1. The highest BCUT2D eigenvalue weighted by molar-refractivity contribution is 9.10. The van der Waals surface area contributed by atoms with Gasteiger partial charge in [0.15, 0.2) is 5.82 Å². The standard InChI is InChI=1S/C20H15BrN4O2S2/c1-2-3-8-24-13-7-6-11(21)10-12(13)15(18(24)26)16-19(27)25-20(29-16)22-17(23-25)14-5-4-9-28-14/h4-7,9-10H,2-3,8H2,1H3/b16-15-. The van der Waals surface area contributed by atoms with Crippen molar-refractivity contribution in [2.45, 2.75) is 19.8 Å². The molecule has 0 fully saturated rings. The Labute approximate surface area is 182 Å². The Bertz CT molecular complexity index is 1360. The van der Waals surface area contributed by atoms with E-state index in [2.05, 4.69) is 32.9 Å². The van der Waals surface area contributed by atoms with Gasteiger partial charge in [-0.05, 0) is 36.1 Å². The monoisotopic (exact) mass is 486 g/mol. The van der Waals surface area contributed by atoms with Crippen LogP contribution in [0.2, 0.25) is 0 Å². The number of aromatic nitrogens is 3. The first-order chi connectivity index (χ1) is 14.1. The molecule has 4 aromatic rings. The topological polar surface area (TPSA) is 67.6 Å². The van der Waals surface area contributed by atoms with Gasteiger partial charge in [-0.2, -0.15) is 9.50 Å². The second-order valence-electron chi connectivity index (χ2n) is 6.69. The Morgan fingerprint density at radius 2 is 2.07 bits per heavy atom. The van der Waals surface area contributed by atoms with Crippen LogP contribution in [-0.4, -0.2) is 27.0 Å². The van der Waals surface area contributed by atoms with Crippen molar-refractivity contribution < 1.29 is 4.79 Å². The summed E-state index contributed by atoms with van der Waals surface area (Å²) < 4.78 is 2.56. The lowest BCUT2D eigenvalue weighted by atomic mass is 10.1. The molecule has 146 valence electrons. The SMILES string of the molecule is CCCCN1C(=O)/C(=c2\sc3nc(-c4cccs4)nn3c2=O)c2cc(Br)ccc21. The molecule has 0 bridgehead atoms. The zero-order valence-corrected chi connectivity index (χ0v) is 18.6. The van der Waals surface area contributed by atoms with E-state index in [1.807, 2.05) is 35.7 Å². The van der Waals surface area contributed by atoms with Crippen LogP contribution in [0.15, 0.2) is 45.0 Å². The molecule has 0 radical (unpaired) electrons. The zero-order valence-electron chi connectivity index (χ0n) is 15.4. The summed E-state index contributed by atoms with van der Waals surface area (Å²) in [6.45, 7) is 2.72.